The van der Waals surface area contributed by atoms with Crippen LogP contribution >= 0.6 is 0 Å². The number of carbonyl (C=O) groups excluding carboxylic acids is 1. The number of nitro groups is 1. The standard InChI is InChI=1S/C22H27N3O7S/c1-15-5-6-18(25(27)28)14-21(15)33(29,30)24-11-9-16(10-12-24)22(26)23(2)17-7-8-19(31-3)20(13-17)32-4/h5-8,13-14,16H,9-12H2,1-4H3. The third-order valence-electron chi connectivity index (χ3n) is 5.89. The minimum Gasteiger partial charge on any atom is -0.493 e. The van der Waals surface area contributed by atoms with E-state index in [4.69, 9.17) is 9.47 Å². The van der Waals surface area contributed by atoms with Crippen LogP contribution in [0.15, 0.2) is 41.3 Å². The van der Waals surface area contributed by atoms with Crippen molar-refractivity contribution in [1.82, 2.24) is 4.31 Å². The average molecular weight is 478 g/mol. The van der Waals surface area contributed by atoms with Gasteiger partial charge in [0.15, 0.2) is 11.5 Å². The number of sulfonamides is 1. The molecule has 11 heteroatoms. The highest BCUT2D eigenvalue weighted by atomic mass is 32.2. The SMILES string of the molecule is COc1ccc(N(C)C(=O)C2CCN(S(=O)(=O)c3cc([N+](=O)[O-])ccc3C)CC2)cc1OC. The first-order valence-electron chi connectivity index (χ1n) is 10.3. The Morgan fingerprint density at radius 3 is 2.30 bits per heavy atom. The third-order valence-corrected chi connectivity index (χ3v) is 7.93. The van der Waals surface area contributed by atoms with E-state index in [1.165, 1.54) is 35.6 Å². The van der Waals surface area contributed by atoms with Crippen LogP contribution in [0.5, 0.6) is 11.5 Å². The third kappa shape index (κ3) is 4.93. The van der Waals surface area contributed by atoms with E-state index in [2.05, 4.69) is 0 Å². The van der Waals surface area contributed by atoms with Crippen LogP contribution in [0.3, 0.4) is 0 Å². The summed E-state index contributed by atoms with van der Waals surface area (Å²) in [7, 11) is 0.800. The Hall–Kier alpha value is -3.18. The molecule has 1 fully saturated rings. The summed E-state index contributed by atoms with van der Waals surface area (Å²) >= 11 is 0. The lowest BCUT2D eigenvalue weighted by molar-refractivity contribution is -0.385. The molecule has 2 aromatic rings. The number of hydrogen-bond acceptors (Lipinski definition) is 7. The average Bonchev–Trinajstić information content (AvgIpc) is 2.82. The number of nitrogens with zero attached hydrogens (tertiary/aromatic N) is 3. The zero-order valence-electron chi connectivity index (χ0n) is 19.0. The number of aryl methyl sites for hydroxylation is 1. The van der Waals surface area contributed by atoms with Crippen LogP contribution in [-0.4, -0.2) is 57.9 Å². The van der Waals surface area contributed by atoms with E-state index in [9.17, 15) is 23.3 Å². The summed E-state index contributed by atoms with van der Waals surface area (Å²) in [6, 6.07) is 8.98. The van der Waals surface area contributed by atoms with Crippen molar-refractivity contribution in [3.8, 4) is 11.5 Å². The van der Waals surface area contributed by atoms with Gasteiger partial charge in [0.05, 0.1) is 24.0 Å². The maximum Gasteiger partial charge on any atom is 0.270 e. The molecule has 1 aliphatic rings. The minimum absolute atomic E-state index is 0.0797. The number of anilines is 1. The molecule has 0 spiro atoms. The van der Waals surface area contributed by atoms with Crippen LogP contribution in [0.25, 0.3) is 0 Å². The highest BCUT2D eigenvalue weighted by Crippen LogP contribution is 2.33. The molecule has 1 aliphatic heterocycles. The molecule has 0 saturated carbocycles. The van der Waals surface area contributed by atoms with E-state index >= 15 is 0 Å². The first-order valence-corrected chi connectivity index (χ1v) is 11.8. The molecule has 1 saturated heterocycles. The molecule has 0 atom stereocenters. The van der Waals surface area contributed by atoms with Crippen LogP contribution in [0, 0.1) is 23.0 Å². The summed E-state index contributed by atoms with van der Waals surface area (Å²) in [5.41, 5.74) is 0.799. The number of carbonyl (C=O) groups is 1. The van der Waals surface area contributed by atoms with Crippen molar-refractivity contribution in [3.05, 3.63) is 52.1 Å². The van der Waals surface area contributed by atoms with E-state index in [0.717, 1.165) is 6.07 Å². The Labute approximate surface area is 192 Å². The molecule has 178 valence electrons. The van der Waals surface area contributed by atoms with Crippen molar-refractivity contribution in [3.63, 3.8) is 0 Å². The molecule has 10 nitrogen and oxygen atoms in total. The maximum atomic E-state index is 13.1. The molecule has 1 amide bonds. The predicted octanol–water partition coefficient (Wildman–Crippen LogP) is 2.98. The molecule has 33 heavy (non-hydrogen) atoms. The molecular formula is C22H27N3O7S. The second kappa shape index (κ2) is 9.75. The molecule has 0 unspecified atom stereocenters. The van der Waals surface area contributed by atoms with E-state index in [0.29, 0.717) is 35.6 Å². The summed E-state index contributed by atoms with van der Waals surface area (Å²) in [4.78, 5) is 25.0. The lowest BCUT2D eigenvalue weighted by Gasteiger charge is -2.32. The van der Waals surface area contributed by atoms with Crippen LogP contribution in [-0.2, 0) is 14.8 Å². The normalized spacial score (nSPS) is 15.2. The highest BCUT2D eigenvalue weighted by Gasteiger charge is 2.34. The summed E-state index contributed by atoms with van der Waals surface area (Å²) < 4.78 is 38.1. The molecular weight excluding hydrogens is 450 g/mol. The van der Waals surface area contributed by atoms with Crippen molar-refractivity contribution >= 4 is 27.3 Å². The highest BCUT2D eigenvalue weighted by molar-refractivity contribution is 7.89. The van der Waals surface area contributed by atoms with Gasteiger partial charge in [-0.3, -0.25) is 14.9 Å². The van der Waals surface area contributed by atoms with E-state index in [-0.39, 0.29) is 35.5 Å². The van der Waals surface area contributed by atoms with Crippen molar-refractivity contribution in [2.24, 2.45) is 5.92 Å². The lowest BCUT2D eigenvalue weighted by atomic mass is 9.96. The van der Waals surface area contributed by atoms with Crippen LogP contribution in [0.2, 0.25) is 0 Å². The van der Waals surface area contributed by atoms with Crippen molar-refractivity contribution in [1.29, 1.82) is 0 Å². The summed E-state index contributed by atoms with van der Waals surface area (Å²) in [5.74, 6) is 0.589. The Morgan fingerprint density at radius 1 is 1.09 bits per heavy atom. The van der Waals surface area contributed by atoms with E-state index in [1.54, 1.807) is 32.2 Å². The first kappa shape index (κ1) is 24.5. The molecule has 0 bridgehead atoms. The number of hydrogen-bond donors (Lipinski definition) is 0. The van der Waals surface area contributed by atoms with E-state index < -0.39 is 14.9 Å². The van der Waals surface area contributed by atoms with Crippen LogP contribution in [0.1, 0.15) is 18.4 Å². The Bertz CT molecular complexity index is 1160. The van der Waals surface area contributed by atoms with Gasteiger partial charge in [0.1, 0.15) is 0 Å². The van der Waals surface area contributed by atoms with Crippen LogP contribution in [0.4, 0.5) is 11.4 Å². The van der Waals surface area contributed by atoms with Gasteiger partial charge in [-0.25, -0.2) is 8.42 Å². The number of amides is 1. The van der Waals surface area contributed by atoms with Gasteiger partial charge in [-0.05, 0) is 37.5 Å². The van der Waals surface area contributed by atoms with Gasteiger partial charge in [-0.2, -0.15) is 4.31 Å². The lowest BCUT2D eigenvalue weighted by Crippen LogP contribution is -2.43. The summed E-state index contributed by atoms with van der Waals surface area (Å²) in [6.45, 7) is 1.91. The monoisotopic (exact) mass is 477 g/mol. The quantitative estimate of drug-likeness (QED) is 0.444. The van der Waals surface area contributed by atoms with E-state index in [1.807, 2.05) is 0 Å². The number of nitro benzene ring substituents is 1. The number of piperidine rings is 1. The zero-order valence-corrected chi connectivity index (χ0v) is 19.8. The molecule has 0 aromatic heterocycles. The minimum atomic E-state index is -3.91. The second-order valence-corrected chi connectivity index (χ2v) is 9.73. The number of non-ortho nitro benzene ring substituents is 1. The van der Waals surface area contributed by atoms with Crippen molar-refractivity contribution < 1.29 is 27.6 Å². The second-order valence-electron chi connectivity index (χ2n) is 7.82. The molecule has 0 aliphatic carbocycles. The van der Waals surface area contributed by atoms with Gasteiger partial charge in [0.2, 0.25) is 15.9 Å². The number of rotatable bonds is 7. The number of ether oxygens (including phenoxy) is 2. The molecule has 2 aromatic carbocycles. The largest absolute Gasteiger partial charge is 0.493 e. The van der Waals surface area contributed by atoms with Gasteiger partial charge < -0.3 is 14.4 Å². The number of benzene rings is 2. The maximum absolute atomic E-state index is 13.1. The molecule has 3 rings (SSSR count). The fourth-order valence-corrected chi connectivity index (χ4v) is 5.61. The van der Waals surface area contributed by atoms with Crippen LogP contribution < -0.4 is 14.4 Å². The first-order chi connectivity index (χ1) is 15.6. The van der Waals surface area contributed by atoms with Gasteiger partial charge in [0, 0.05) is 49.9 Å². The smallest absolute Gasteiger partial charge is 0.270 e. The summed E-state index contributed by atoms with van der Waals surface area (Å²) in [5, 5.41) is 11.1. The molecule has 1 heterocycles. The fraction of sp³-hybridized carbons (Fsp3) is 0.409. The van der Waals surface area contributed by atoms with Gasteiger partial charge >= 0.3 is 0 Å². The fourth-order valence-electron chi connectivity index (χ4n) is 3.90. The topological polar surface area (TPSA) is 119 Å². The van der Waals surface area contributed by atoms with Crippen molar-refractivity contribution in [2.75, 3.05) is 39.3 Å². The van der Waals surface area contributed by atoms with Crippen molar-refractivity contribution in [2.45, 2.75) is 24.7 Å². The Morgan fingerprint density at radius 2 is 1.73 bits per heavy atom. The van der Waals surface area contributed by atoms with Gasteiger partial charge in [-0.15, -0.1) is 0 Å². The molecule has 0 N–H and O–H groups in total. The zero-order chi connectivity index (χ0) is 24.3. The van der Waals surface area contributed by atoms with Gasteiger partial charge in [0.25, 0.3) is 5.69 Å². The van der Waals surface area contributed by atoms with Gasteiger partial charge in [-0.1, -0.05) is 6.07 Å². The number of methoxy groups -OCH3 is 2. The Kier molecular flexibility index (Phi) is 7.23. The Balaban J connectivity index is 1.72. The predicted molar refractivity (Wildman–Crippen MR) is 122 cm³/mol. The summed E-state index contributed by atoms with van der Waals surface area (Å²) in [6.07, 6.45) is 0.702. The molecule has 0 radical (unpaired) electrons.